The van der Waals surface area contributed by atoms with Crippen molar-refractivity contribution in [1.29, 1.82) is 0 Å². The smallest absolute Gasteiger partial charge is 0.254 e. The number of hydrogen-bond acceptors (Lipinski definition) is 3. The van der Waals surface area contributed by atoms with Gasteiger partial charge in [-0.05, 0) is 43.5 Å². The first-order valence-electron chi connectivity index (χ1n) is 9.86. The van der Waals surface area contributed by atoms with Crippen molar-refractivity contribution in [2.75, 3.05) is 19.6 Å². The third-order valence-corrected chi connectivity index (χ3v) is 7.41. The van der Waals surface area contributed by atoms with E-state index < -0.39 is 10.0 Å². The number of aryl methyl sites for hydroxylation is 1. The molecule has 0 N–H and O–H groups in total. The summed E-state index contributed by atoms with van der Waals surface area (Å²) in [6, 6.07) is 14.7. The topological polar surface area (TPSA) is 57.7 Å². The van der Waals surface area contributed by atoms with Gasteiger partial charge in [0.05, 0.1) is 10.9 Å². The van der Waals surface area contributed by atoms with Gasteiger partial charge in [0.15, 0.2) is 0 Å². The zero-order valence-electron chi connectivity index (χ0n) is 16.8. The van der Waals surface area contributed by atoms with E-state index in [9.17, 15) is 13.2 Å². The Labute approximate surface area is 168 Å². The lowest BCUT2D eigenvalue weighted by molar-refractivity contribution is 0.0735. The normalized spacial score (nSPS) is 17.3. The molecule has 28 heavy (non-hydrogen) atoms. The highest BCUT2D eigenvalue weighted by atomic mass is 32.2. The van der Waals surface area contributed by atoms with Gasteiger partial charge in [-0.25, -0.2) is 8.42 Å². The lowest BCUT2D eigenvalue weighted by Crippen LogP contribution is -2.32. The van der Waals surface area contributed by atoms with Crippen LogP contribution < -0.4 is 0 Å². The van der Waals surface area contributed by atoms with Crippen molar-refractivity contribution in [3.8, 4) is 0 Å². The molecule has 1 saturated heterocycles. The molecule has 0 aromatic heterocycles. The van der Waals surface area contributed by atoms with Crippen LogP contribution in [0, 0.1) is 6.92 Å². The fraction of sp³-hybridized carbons (Fsp3) is 0.409. The molecule has 1 aliphatic rings. The summed E-state index contributed by atoms with van der Waals surface area (Å²) in [6.07, 6.45) is 1.87. The molecule has 1 amide bonds. The summed E-state index contributed by atoms with van der Waals surface area (Å²) in [5, 5.41) is 0. The number of likely N-dealkylation sites (tertiary alicyclic amines) is 1. The summed E-state index contributed by atoms with van der Waals surface area (Å²) in [4.78, 5) is 15.3. The fourth-order valence-electron chi connectivity index (χ4n) is 3.90. The molecule has 0 saturated carbocycles. The van der Waals surface area contributed by atoms with Gasteiger partial charge in [-0.15, -0.1) is 0 Å². The first kappa shape index (κ1) is 20.6. The molecule has 1 unspecified atom stereocenters. The van der Waals surface area contributed by atoms with E-state index in [0.717, 1.165) is 18.4 Å². The Hall–Kier alpha value is -2.18. The molecular formula is C22H28N2O3S. The van der Waals surface area contributed by atoms with Crippen LogP contribution in [-0.2, 0) is 10.0 Å². The van der Waals surface area contributed by atoms with Crippen LogP contribution >= 0.6 is 0 Å². The van der Waals surface area contributed by atoms with Crippen LogP contribution in [0.2, 0.25) is 0 Å². The highest BCUT2D eigenvalue weighted by Crippen LogP contribution is 2.33. The quantitative estimate of drug-likeness (QED) is 0.736. The first-order chi connectivity index (χ1) is 13.4. The molecule has 150 valence electrons. The number of hydrogen-bond donors (Lipinski definition) is 0. The van der Waals surface area contributed by atoms with Gasteiger partial charge in [-0.3, -0.25) is 4.79 Å². The van der Waals surface area contributed by atoms with E-state index in [1.54, 1.807) is 18.2 Å². The largest absolute Gasteiger partial charge is 0.332 e. The zero-order chi connectivity index (χ0) is 20.3. The van der Waals surface area contributed by atoms with Crippen LogP contribution in [0.5, 0.6) is 0 Å². The van der Waals surface area contributed by atoms with E-state index in [4.69, 9.17) is 0 Å². The van der Waals surface area contributed by atoms with Crippen LogP contribution in [-0.4, -0.2) is 43.2 Å². The van der Waals surface area contributed by atoms with Crippen LogP contribution in [0.4, 0.5) is 0 Å². The molecule has 2 aromatic rings. The first-order valence-corrected chi connectivity index (χ1v) is 11.3. The van der Waals surface area contributed by atoms with Gasteiger partial charge in [0.25, 0.3) is 5.91 Å². The van der Waals surface area contributed by atoms with Crippen molar-refractivity contribution in [2.45, 2.75) is 44.6 Å². The van der Waals surface area contributed by atoms with Crippen LogP contribution in [0.3, 0.4) is 0 Å². The molecule has 1 atom stereocenters. The van der Waals surface area contributed by atoms with Crippen molar-refractivity contribution >= 4 is 15.9 Å². The van der Waals surface area contributed by atoms with Gasteiger partial charge in [0.2, 0.25) is 10.0 Å². The summed E-state index contributed by atoms with van der Waals surface area (Å²) in [5.74, 6) is -0.111. The SMILES string of the molecule is CCN(CC)S(=O)(=O)c1cccc(C(=O)N2CCCC2c2cccc(C)c2)c1. The average Bonchev–Trinajstić information content (AvgIpc) is 3.18. The minimum absolute atomic E-state index is 0.0374. The Morgan fingerprint density at radius 3 is 2.50 bits per heavy atom. The minimum atomic E-state index is -3.59. The van der Waals surface area contributed by atoms with Crippen molar-refractivity contribution in [2.24, 2.45) is 0 Å². The number of sulfonamides is 1. The fourth-order valence-corrected chi connectivity index (χ4v) is 5.41. The van der Waals surface area contributed by atoms with Crippen molar-refractivity contribution in [3.05, 3.63) is 65.2 Å². The standard InChI is InChI=1S/C22H28N2O3S/c1-4-23(5-2)28(26,27)20-12-7-11-19(16-20)22(25)24-14-8-13-21(24)18-10-6-9-17(3)15-18/h6-7,9-12,15-16,21H,4-5,8,13-14H2,1-3H3. The highest BCUT2D eigenvalue weighted by molar-refractivity contribution is 7.89. The Morgan fingerprint density at radius 1 is 1.11 bits per heavy atom. The summed E-state index contributed by atoms with van der Waals surface area (Å²) < 4.78 is 27.0. The molecular weight excluding hydrogens is 372 g/mol. The molecule has 1 aliphatic heterocycles. The molecule has 0 radical (unpaired) electrons. The Kier molecular flexibility index (Phi) is 6.20. The van der Waals surface area contributed by atoms with E-state index in [-0.39, 0.29) is 16.8 Å². The molecule has 6 heteroatoms. The van der Waals surface area contributed by atoms with E-state index in [1.165, 1.54) is 15.9 Å². The van der Waals surface area contributed by atoms with Crippen molar-refractivity contribution in [1.82, 2.24) is 9.21 Å². The van der Waals surface area contributed by atoms with Crippen LogP contribution in [0.25, 0.3) is 0 Å². The van der Waals surface area contributed by atoms with Crippen molar-refractivity contribution < 1.29 is 13.2 Å². The summed E-state index contributed by atoms with van der Waals surface area (Å²) >= 11 is 0. The third kappa shape index (κ3) is 3.98. The minimum Gasteiger partial charge on any atom is -0.332 e. The molecule has 0 aliphatic carbocycles. The maximum atomic E-state index is 13.2. The third-order valence-electron chi connectivity index (χ3n) is 5.36. The number of amides is 1. The Bertz CT molecular complexity index is 952. The second kappa shape index (κ2) is 8.45. The molecule has 1 fully saturated rings. The predicted octanol–water partition coefficient (Wildman–Crippen LogP) is 4.00. The van der Waals surface area contributed by atoms with Gasteiger partial charge in [-0.1, -0.05) is 49.7 Å². The number of carbonyl (C=O) groups excluding carboxylic acids is 1. The van der Waals surface area contributed by atoms with Gasteiger partial charge in [0.1, 0.15) is 0 Å². The van der Waals surface area contributed by atoms with Gasteiger partial charge in [0, 0.05) is 25.2 Å². The highest BCUT2D eigenvalue weighted by Gasteiger charge is 2.31. The van der Waals surface area contributed by atoms with Gasteiger partial charge < -0.3 is 4.90 Å². The van der Waals surface area contributed by atoms with Gasteiger partial charge in [-0.2, -0.15) is 4.31 Å². The lowest BCUT2D eigenvalue weighted by atomic mass is 10.0. The molecule has 1 heterocycles. The number of benzene rings is 2. The molecule has 2 aromatic carbocycles. The molecule has 0 spiro atoms. The number of carbonyl (C=O) groups is 1. The van der Waals surface area contributed by atoms with E-state index in [0.29, 0.717) is 25.2 Å². The average molecular weight is 401 g/mol. The van der Waals surface area contributed by atoms with Crippen LogP contribution in [0.1, 0.15) is 54.2 Å². The van der Waals surface area contributed by atoms with E-state index >= 15 is 0 Å². The second-order valence-corrected chi connectivity index (χ2v) is 9.13. The molecule has 0 bridgehead atoms. The van der Waals surface area contributed by atoms with E-state index in [2.05, 4.69) is 12.1 Å². The monoisotopic (exact) mass is 400 g/mol. The van der Waals surface area contributed by atoms with E-state index in [1.807, 2.05) is 37.8 Å². The second-order valence-electron chi connectivity index (χ2n) is 7.19. The molecule has 5 nitrogen and oxygen atoms in total. The maximum absolute atomic E-state index is 13.2. The molecule has 3 rings (SSSR count). The number of nitrogens with zero attached hydrogens (tertiary/aromatic N) is 2. The predicted molar refractivity (Wildman–Crippen MR) is 111 cm³/mol. The lowest BCUT2D eigenvalue weighted by Gasteiger charge is -2.26. The Balaban J connectivity index is 1.90. The zero-order valence-corrected chi connectivity index (χ0v) is 17.6. The van der Waals surface area contributed by atoms with Crippen LogP contribution in [0.15, 0.2) is 53.4 Å². The maximum Gasteiger partial charge on any atom is 0.254 e. The summed E-state index contributed by atoms with van der Waals surface area (Å²) in [5.41, 5.74) is 2.73. The number of rotatable bonds is 6. The van der Waals surface area contributed by atoms with Crippen molar-refractivity contribution in [3.63, 3.8) is 0 Å². The summed E-state index contributed by atoms with van der Waals surface area (Å²) in [7, 11) is -3.59. The Morgan fingerprint density at radius 2 is 1.82 bits per heavy atom. The van der Waals surface area contributed by atoms with Gasteiger partial charge >= 0.3 is 0 Å². The summed E-state index contributed by atoms with van der Waals surface area (Å²) in [6.45, 7) is 7.16.